The number of nitrogens with one attached hydrogen (secondary N) is 1. The van der Waals surface area contributed by atoms with Gasteiger partial charge in [-0.1, -0.05) is 23.8 Å². The molecule has 0 aliphatic carbocycles. The van der Waals surface area contributed by atoms with Gasteiger partial charge >= 0.3 is 0 Å². The van der Waals surface area contributed by atoms with E-state index in [0.29, 0.717) is 19.1 Å². The summed E-state index contributed by atoms with van der Waals surface area (Å²) in [6.45, 7) is 7.56. The van der Waals surface area contributed by atoms with Gasteiger partial charge in [0.05, 0.1) is 6.61 Å². The molecule has 0 heterocycles. The molecule has 0 aliphatic heterocycles. The van der Waals surface area contributed by atoms with Crippen molar-refractivity contribution in [3.63, 3.8) is 0 Å². The zero-order chi connectivity index (χ0) is 14.3. The summed E-state index contributed by atoms with van der Waals surface area (Å²) in [4.78, 5) is 4.33. The van der Waals surface area contributed by atoms with E-state index in [9.17, 15) is 0 Å². The van der Waals surface area contributed by atoms with Crippen LogP contribution in [0, 0.1) is 13.8 Å². The number of ether oxygens (including phenoxy) is 1. The van der Waals surface area contributed by atoms with Crippen molar-refractivity contribution in [1.82, 2.24) is 5.32 Å². The van der Waals surface area contributed by atoms with E-state index in [-0.39, 0.29) is 30.0 Å². The van der Waals surface area contributed by atoms with Crippen molar-refractivity contribution < 1.29 is 4.74 Å². The highest BCUT2D eigenvalue weighted by atomic mass is 127. The maximum atomic E-state index is 5.81. The normalized spacial score (nSPS) is 12.7. The maximum Gasteiger partial charge on any atom is 0.188 e. The second-order valence-electron chi connectivity index (χ2n) is 4.95. The van der Waals surface area contributed by atoms with Gasteiger partial charge in [-0.05, 0) is 38.3 Å². The Balaban J connectivity index is 0.00000361. The Bertz CT molecular complexity index is 435. The van der Waals surface area contributed by atoms with Gasteiger partial charge in [0, 0.05) is 19.7 Å². The van der Waals surface area contributed by atoms with E-state index in [2.05, 4.69) is 42.4 Å². The van der Waals surface area contributed by atoms with Crippen LogP contribution in [0.3, 0.4) is 0 Å². The molecule has 0 spiro atoms. The van der Waals surface area contributed by atoms with Crippen LogP contribution in [0.2, 0.25) is 0 Å². The van der Waals surface area contributed by atoms with Gasteiger partial charge in [0.25, 0.3) is 0 Å². The molecule has 20 heavy (non-hydrogen) atoms. The van der Waals surface area contributed by atoms with Gasteiger partial charge < -0.3 is 15.8 Å². The number of aliphatic imine (C=N–C) groups is 1. The van der Waals surface area contributed by atoms with Gasteiger partial charge in [0.15, 0.2) is 5.96 Å². The van der Waals surface area contributed by atoms with Crippen molar-refractivity contribution in [1.29, 1.82) is 0 Å². The lowest BCUT2D eigenvalue weighted by atomic mass is 10.0. The van der Waals surface area contributed by atoms with Crippen molar-refractivity contribution in [2.45, 2.75) is 33.2 Å². The van der Waals surface area contributed by atoms with E-state index >= 15 is 0 Å². The number of methoxy groups -OCH3 is 1. The maximum absolute atomic E-state index is 5.81. The molecule has 0 saturated heterocycles. The lowest BCUT2D eigenvalue weighted by Gasteiger charge is -2.13. The Morgan fingerprint density at radius 1 is 1.40 bits per heavy atom. The molecule has 0 aliphatic rings. The Hall–Kier alpha value is -0.820. The number of hydrogen-bond acceptors (Lipinski definition) is 2. The molecule has 1 unspecified atom stereocenters. The molecule has 4 nitrogen and oxygen atoms in total. The van der Waals surface area contributed by atoms with E-state index in [1.165, 1.54) is 16.7 Å². The van der Waals surface area contributed by atoms with Crippen LogP contribution in [0.5, 0.6) is 0 Å². The number of aryl methyl sites for hydroxylation is 2. The zero-order valence-electron chi connectivity index (χ0n) is 12.8. The smallest absolute Gasteiger partial charge is 0.188 e. The average molecular weight is 391 g/mol. The summed E-state index contributed by atoms with van der Waals surface area (Å²) >= 11 is 0. The summed E-state index contributed by atoms with van der Waals surface area (Å²) < 4.78 is 5.03. The summed E-state index contributed by atoms with van der Waals surface area (Å²) in [6, 6.07) is 6.67. The molecule has 1 rings (SSSR count). The van der Waals surface area contributed by atoms with E-state index in [4.69, 9.17) is 10.5 Å². The highest BCUT2D eigenvalue weighted by molar-refractivity contribution is 14.0. The molecule has 0 fully saturated rings. The first-order valence-corrected chi connectivity index (χ1v) is 6.64. The molecular formula is C15H26IN3O. The second-order valence-corrected chi connectivity index (χ2v) is 4.95. The molecule has 0 radical (unpaired) electrons. The second kappa shape index (κ2) is 9.99. The quantitative estimate of drug-likeness (QED) is 0.445. The van der Waals surface area contributed by atoms with Crippen molar-refractivity contribution >= 4 is 29.9 Å². The van der Waals surface area contributed by atoms with Crippen molar-refractivity contribution in [3.05, 3.63) is 34.9 Å². The first-order valence-electron chi connectivity index (χ1n) is 6.64. The van der Waals surface area contributed by atoms with E-state index < -0.39 is 0 Å². The standard InChI is InChI=1S/C15H25N3O.HI/c1-11-5-6-14(12(2)9-11)7-8-17-15(16)18-13(3)10-19-4;/h5-6,9,13H,7-8,10H2,1-4H3,(H3,16,17,18);1H. The minimum Gasteiger partial charge on any atom is -0.383 e. The summed E-state index contributed by atoms with van der Waals surface area (Å²) in [5.74, 6) is 0.481. The molecule has 3 N–H and O–H groups in total. The van der Waals surface area contributed by atoms with Gasteiger partial charge in [0.1, 0.15) is 0 Å². The van der Waals surface area contributed by atoms with E-state index in [1.807, 2.05) is 6.92 Å². The van der Waals surface area contributed by atoms with Crippen LogP contribution < -0.4 is 11.1 Å². The molecule has 0 amide bonds. The number of nitrogens with zero attached hydrogens (tertiary/aromatic N) is 1. The largest absolute Gasteiger partial charge is 0.383 e. The molecule has 1 aromatic rings. The van der Waals surface area contributed by atoms with Crippen LogP contribution in [-0.2, 0) is 11.2 Å². The van der Waals surface area contributed by atoms with Gasteiger partial charge in [0.2, 0.25) is 0 Å². The minimum absolute atomic E-state index is 0. The third-order valence-corrected chi connectivity index (χ3v) is 2.97. The van der Waals surface area contributed by atoms with Crippen LogP contribution in [0.4, 0.5) is 0 Å². The Labute approximate surface area is 139 Å². The average Bonchev–Trinajstić information content (AvgIpc) is 2.32. The Morgan fingerprint density at radius 2 is 2.10 bits per heavy atom. The van der Waals surface area contributed by atoms with Crippen molar-refractivity contribution in [3.8, 4) is 0 Å². The number of halogens is 1. The van der Waals surface area contributed by atoms with Crippen molar-refractivity contribution in [2.75, 3.05) is 20.3 Å². The predicted molar refractivity (Wildman–Crippen MR) is 96.0 cm³/mol. The molecule has 1 atom stereocenters. The number of nitrogens with two attached hydrogens (primary N) is 1. The topological polar surface area (TPSA) is 59.6 Å². The third-order valence-electron chi connectivity index (χ3n) is 2.97. The molecule has 114 valence electrons. The van der Waals surface area contributed by atoms with Crippen molar-refractivity contribution in [2.24, 2.45) is 10.7 Å². The Morgan fingerprint density at radius 3 is 2.70 bits per heavy atom. The first-order chi connectivity index (χ1) is 9.02. The summed E-state index contributed by atoms with van der Waals surface area (Å²) in [6.07, 6.45) is 0.910. The lowest BCUT2D eigenvalue weighted by Crippen LogP contribution is -2.40. The summed E-state index contributed by atoms with van der Waals surface area (Å²) in [7, 11) is 1.67. The molecule has 0 bridgehead atoms. The monoisotopic (exact) mass is 391 g/mol. The molecule has 5 heteroatoms. The minimum atomic E-state index is 0. The van der Waals surface area contributed by atoms with Crippen LogP contribution in [-0.4, -0.2) is 32.3 Å². The first kappa shape index (κ1) is 19.2. The molecular weight excluding hydrogens is 365 g/mol. The van der Waals surface area contributed by atoms with Crippen LogP contribution in [0.25, 0.3) is 0 Å². The van der Waals surface area contributed by atoms with Gasteiger partial charge in [-0.25, -0.2) is 0 Å². The SMILES string of the molecule is COCC(C)NC(N)=NCCc1ccc(C)cc1C.I. The van der Waals surface area contributed by atoms with Gasteiger partial charge in [-0.2, -0.15) is 0 Å². The summed E-state index contributed by atoms with van der Waals surface area (Å²) in [5, 5.41) is 3.09. The highest BCUT2D eigenvalue weighted by Gasteiger charge is 2.02. The van der Waals surface area contributed by atoms with Crippen LogP contribution >= 0.6 is 24.0 Å². The fourth-order valence-corrected chi connectivity index (χ4v) is 2.01. The highest BCUT2D eigenvalue weighted by Crippen LogP contribution is 2.10. The van der Waals surface area contributed by atoms with Gasteiger partial charge in [-0.15, -0.1) is 24.0 Å². The van der Waals surface area contributed by atoms with Crippen LogP contribution in [0.15, 0.2) is 23.2 Å². The number of benzene rings is 1. The number of guanidine groups is 1. The molecule has 1 aromatic carbocycles. The Kier molecular flexibility index (Phi) is 9.58. The fourth-order valence-electron chi connectivity index (χ4n) is 2.01. The van der Waals surface area contributed by atoms with E-state index in [1.54, 1.807) is 7.11 Å². The predicted octanol–water partition coefficient (Wildman–Crippen LogP) is 2.40. The fraction of sp³-hybridized carbons (Fsp3) is 0.533. The van der Waals surface area contributed by atoms with Gasteiger partial charge in [-0.3, -0.25) is 4.99 Å². The zero-order valence-corrected chi connectivity index (χ0v) is 15.1. The molecule has 0 saturated carbocycles. The summed E-state index contributed by atoms with van der Waals surface area (Å²) in [5.41, 5.74) is 9.75. The third kappa shape index (κ3) is 7.09. The molecule has 0 aromatic heterocycles. The van der Waals surface area contributed by atoms with Crippen LogP contribution in [0.1, 0.15) is 23.6 Å². The lowest BCUT2D eigenvalue weighted by molar-refractivity contribution is 0.179. The number of rotatable bonds is 6. The number of hydrogen-bond donors (Lipinski definition) is 2. The van der Waals surface area contributed by atoms with E-state index in [0.717, 1.165) is 6.42 Å².